The average Bonchev–Trinajstić information content (AvgIpc) is 2.68. The first-order valence-electron chi connectivity index (χ1n) is 9.83. The number of rotatable bonds is 10. The minimum atomic E-state index is -3.67. The van der Waals surface area contributed by atoms with Gasteiger partial charge in [0, 0.05) is 0 Å². The first-order valence-corrected chi connectivity index (χ1v) is 11.7. The molecule has 1 amide bonds. The van der Waals surface area contributed by atoms with Gasteiger partial charge in [-0.2, -0.15) is 0 Å². The van der Waals surface area contributed by atoms with Gasteiger partial charge >= 0.3 is 0 Å². The van der Waals surface area contributed by atoms with Crippen LogP contribution in [0.25, 0.3) is 0 Å². The van der Waals surface area contributed by atoms with E-state index in [1.54, 1.807) is 31.2 Å². The molecule has 0 saturated carbocycles. The summed E-state index contributed by atoms with van der Waals surface area (Å²) in [6.45, 7) is 8.51. The van der Waals surface area contributed by atoms with Crippen molar-refractivity contribution in [2.45, 2.75) is 33.7 Å². The van der Waals surface area contributed by atoms with Crippen LogP contribution >= 0.6 is 0 Å². The maximum absolute atomic E-state index is 12.6. The summed E-state index contributed by atoms with van der Waals surface area (Å²) in [6.07, 6.45) is 1.08. The molecular formula is C22H30N2O5S. The Morgan fingerprint density at radius 3 is 2.23 bits per heavy atom. The first-order chi connectivity index (χ1) is 14.1. The molecular weight excluding hydrogens is 404 g/mol. The zero-order chi connectivity index (χ0) is 22.3. The van der Waals surface area contributed by atoms with Crippen LogP contribution in [0.15, 0.2) is 42.5 Å². The number of nitrogens with one attached hydrogen (secondary N) is 1. The van der Waals surface area contributed by atoms with Crippen molar-refractivity contribution in [3.8, 4) is 11.5 Å². The van der Waals surface area contributed by atoms with Crippen molar-refractivity contribution in [3.63, 3.8) is 0 Å². The Morgan fingerprint density at radius 1 is 1.03 bits per heavy atom. The van der Waals surface area contributed by atoms with E-state index in [2.05, 4.69) is 5.32 Å². The van der Waals surface area contributed by atoms with E-state index >= 15 is 0 Å². The van der Waals surface area contributed by atoms with E-state index in [1.807, 2.05) is 39.0 Å². The minimum Gasteiger partial charge on any atom is -0.494 e. The number of amides is 1. The zero-order valence-corrected chi connectivity index (χ0v) is 19.0. The smallest absolute Gasteiger partial charge is 0.243 e. The Hall–Kier alpha value is -2.74. The molecule has 0 aromatic heterocycles. The van der Waals surface area contributed by atoms with E-state index in [-0.39, 0.29) is 13.2 Å². The fourth-order valence-corrected chi connectivity index (χ4v) is 4.13. The summed E-state index contributed by atoms with van der Waals surface area (Å²) in [4.78, 5) is 12.6. The van der Waals surface area contributed by atoms with Crippen molar-refractivity contribution in [1.29, 1.82) is 0 Å². The molecule has 0 aliphatic carbocycles. The molecule has 8 heteroatoms. The summed E-state index contributed by atoms with van der Waals surface area (Å²) in [5.74, 6) is 0.959. The normalized spacial score (nSPS) is 12.2. The first kappa shape index (κ1) is 23.5. The molecule has 0 aliphatic heterocycles. The molecule has 1 atom stereocenters. The molecule has 0 heterocycles. The van der Waals surface area contributed by atoms with Crippen LogP contribution in [0.3, 0.4) is 0 Å². The van der Waals surface area contributed by atoms with Crippen molar-refractivity contribution in [1.82, 2.24) is 5.32 Å². The van der Waals surface area contributed by atoms with Crippen LogP contribution in [0.5, 0.6) is 11.5 Å². The number of hydrogen-bond donors (Lipinski definition) is 1. The van der Waals surface area contributed by atoms with Gasteiger partial charge in [-0.3, -0.25) is 9.10 Å². The predicted octanol–water partition coefficient (Wildman–Crippen LogP) is 3.05. The highest BCUT2D eigenvalue weighted by Crippen LogP contribution is 2.24. The number of sulfonamides is 1. The lowest BCUT2D eigenvalue weighted by Crippen LogP contribution is -2.48. The Kier molecular flexibility index (Phi) is 8.11. The predicted molar refractivity (Wildman–Crippen MR) is 119 cm³/mol. The molecule has 2 rings (SSSR count). The number of ether oxygens (including phenoxy) is 2. The molecule has 0 radical (unpaired) electrons. The van der Waals surface area contributed by atoms with E-state index in [0.29, 0.717) is 18.0 Å². The van der Waals surface area contributed by atoms with Crippen LogP contribution in [-0.4, -0.2) is 46.4 Å². The van der Waals surface area contributed by atoms with Crippen LogP contribution in [-0.2, 0) is 14.8 Å². The monoisotopic (exact) mass is 434 g/mol. The van der Waals surface area contributed by atoms with Crippen LogP contribution in [0.4, 0.5) is 5.69 Å². The molecule has 0 bridgehead atoms. The summed E-state index contributed by atoms with van der Waals surface area (Å²) in [7, 11) is -3.67. The van der Waals surface area contributed by atoms with Gasteiger partial charge in [-0.1, -0.05) is 6.07 Å². The Morgan fingerprint density at radius 2 is 1.67 bits per heavy atom. The lowest BCUT2D eigenvalue weighted by atomic mass is 10.1. The Labute approximate surface area is 179 Å². The molecule has 164 valence electrons. The molecule has 1 N–H and O–H groups in total. The second-order valence-corrected chi connectivity index (χ2v) is 8.91. The van der Waals surface area contributed by atoms with Crippen molar-refractivity contribution in [2.24, 2.45) is 0 Å². The third-order valence-electron chi connectivity index (χ3n) is 4.64. The lowest BCUT2D eigenvalue weighted by molar-refractivity contribution is -0.121. The van der Waals surface area contributed by atoms with Crippen LogP contribution < -0.4 is 19.1 Å². The third kappa shape index (κ3) is 6.38. The highest BCUT2D eigenvalue weighted by molar-refractivity contribution is 7.92. The SMILES string of the molecule is CCOc1ccc(N([C@H](C)C(=O)NCCOc2ccc(C)c(C)c2)S(C)(=O)=O)cc1. The van der Waals surface area contributed by atoms with Crippen LogP contribution in [0.2, 0.25) is 0 Å². The van der Waals surface area contributed by atoms with Gasteiger partial charge in [0.2, 0.25) is 15.9 Å². The number of benzene rings is 2. The molecule has 0 spiro atoms. The third-order valence-corrected chi connectivity index (χ3v) is 5.88. The maximum atomic E-state index is 12.6. The highest BCUT2D eigenvalue weighted by atomic mass is 32.2. The number of carbonyl (C=O) groups excluding carboxylic acids is 1. The number of aryl methyl sites for hydroxylation is 2. The number of anilines is 1. The molecule has 7 nitrogen and oxygen atoms in total. The molecule has 0 unspecified atom stereocenters. The summed E-state index contributed by atoms with van der Waals surface area (Å²) in [6, 6.07) is 11.5. The van der Waals surface area contributed by atoms with Gasteiger partial charge in [-0.25, -0.2) is 8.42 Å². The average molecular weight is 435 g/mol. The van der Waals surface area contributed by atoms with Gasteiger partial charge in [0.25, 0.3) is 0 Å². The minimum absolute atomic E-state index is 0.261. The van der Waals surface area contributed by atoms with Crippen molar-refractivity contribution in [3.05, 3.63) is 53.6 Å². The zero-order valence-electron chi connectivity index (χ0n) is 18.1. The molecule has 30 heavy (non-hydrogen) atoms. The highest BCUT2D eigenvalue weighted by Gasteiger charge is 2.28. The largest absolute Gasteiger partial charge is 0.494 e. The summed E-state index contributed by atoms with van der Waals surface area (Å²) < 4.78 is 36.9. The van der Waals surface area contributed by atoms with Gasteiger partial charge in [-0.15, -0.1) is 0 Å². The van der Waals surface area contributed by atoms with E-state index < -0.39 is 22.0 Å². The van der Waals surface area contributed by atoms with Crippen molar-refractivity contribution >= 4 is 21.6 Å². The van der Waals surface area contributed by atoms with Crippen LogP contribution in [0.1, 0.15) is 25.0 Å². The van der Waals surface area contributed by atoms with Gasteiger partial charge in [0.05, 0.1) is 25.1 Å². The van der Waals surface area contributed by atoms with E-state index in [4.69, 9.17) is 9.47 Å². The lowest BCUT2D eigenvalue weighted by Gasteiger charge is -2.28. The number of carbonyl (C=O) groups is 1. The fraction of sp³-hybridized carbons (Fsp3) is 0.409. The summed E-state index contributed by atoms with van der Waals surface area (Å²) in [5.41, 5.74) is 2.71. The molecule has 0 fully saturated rings. The van der Waals surface area contributed by atoms with Crippen molar-refractivity contribution in [2.75, 3.05) is 30.3 Å². The molecule has 0 aliphatic rings. The van der Waals surface area contributed by atoms with Gasteiger partial charge in [0.15, 0.2) is 0 Å². The quantitative estimate of drug-likeness (QED) is 0.581. The fourth-order valence-electron chi connectivity index (χ4n) is 2.96. The molecule has 0 saturated heterocycles. The van der Waals surface area contributed by atoms with Crippen LogP contribution in [0, 0.1) is 13.8 Å². The van der Waals surface area contributed by atoms with Gasteiger partial charge in [0.1, 0.15) is 24.1 Å². The second-order valence-electron chi connectivity index (χ2n) is 7.05. The Bertz CT molecular complexity index is 958. The molecule has 2 aromatic rings. The number of nitrogens with zero attached hydrogens (tertiary/aromatic N) is 1. The second kappa shape index (κ2) is 10.3. The van der Waals surface area contributed by atoms with E-state index in [9.17, 15) is 13.2 Å². The topological polar surface area (TPSA) is 84.9 Å². The van der Waals surface area contributed by atoms with E-state index in [1.165, 1.54) is 5.56 Å². The summed E-state index contributed by atoms with van der Waals surface area (Å²) in [5, 5.41) is 2.74. The van der Waals surface area contributed by atoms with Gasteiger partial charge < -0.3 is 14.8 Å². The summed E-state index contributed by atoms with van der Waals surface area (Å²) >= 11 is 0. The van der Waals surface area contributed by atoms with Crippen molar-refractivity contribution < 1.29 is 22.7 Å². The van der Waals surface area contributed by atoms with E-state index in [0.717, 1.165) is 21.9 Å². The maximum Gasteiger partial charge on any atom is 0.243 e. The van der Waals surface area contributed by atoms with Gasteiger partial charge in [-0.05, 0) is 75.2 Å². The number of hydrogen-bond acceptors (Lipinski definition) is 5. The Balaban J connectivity index is 1.98. The standard InChI is InChI=1S/C22H30N2O5S/c1-6-28-20-11-8-19(9-12-20)24(30(5,26)27)18(4)22(25)23-13-14-29-21-10-7-16(2)17(3)15-21/h7-12,15,18H,6,13-14H2,1-5H3,(H,23,25)/t18-/m1/s1. The molecule has 2 aromatic carbocycles.